The monoisotopic (exact) mass is 309 g/mol. The Kier molecular flexibility index (Phi) is 6.88. The van der Waals surface area contributed by atoms with Gasteiger partial charge in [-0.15, -0.1) is 0 Å². The highest BCUT2D eigenvalue weighted by atomic mass is 16.5. The molecule has 0 radical (unpaired) electrons. The Labute approximate surface area is 127 Å². The predicted molar refractivity (Wildman–Crippen MR) is 77.7 cm³/mol. The van der Waals surface area contributed by atoms with E-state index in [2.05, 4.69) is 5.32 Å². The van der Waals surface area contributed by atoms with E-state index in [0.717, 1.165) is 5.56 Å². The molecule has 1 atom stereocenters. The molecule has 0 spiro atoms. The van der Waals surface area contributed by atoms with Crippen molar-refractivity contribution in [3.8, 4) is 5.75 Å². The van der Waals surface area contributed by atoms with Crippen molar-refractivity contribution in [2.75, 3.05) is 6.61 Å². The van der Waals surface area contributed by atoms with E-state index in [0.29, 0.717) is 5.75 Å². The van der Waals surface area contributed by atoms with Crippen LogP contribution in [0.5, 0.6) is 5.75 Å². The van der Waals surface area contributed by atoms with Crippen molar-refractivity contribution in [2.45, 2.75) is 32.2 Å². The van der Waals surface area contributed by atoms with Crippen molar-refractivity contribution in [3.05, 3.63) is 29.8 Å². The van der Waals surface area contributed by atoms with Crippen LogP contribution in [-0.4, -0.2) is 40.7 Å². The Morgan fingerprint density at radius 1 is 1.14 bits per heavy atom. The number of carbonyl (C=O) groups excluding carboxylic acids is 1. The fraction of sp³-hybridized carbons (Fsp3) is 0.400. The number of hydrogen-bond donors (Lipinski definition) is 3. The van der Waals surface area contributed by atoms with Gasteiger partial charge in [-0.25, -0.2) is 4.79 Å². The topological polar surface area (TPSA) is 113 Å². The second-order valence-corrected chi connectivity index (χ2v) is 4.80. The van der Waals surface area contributed by atoms with Crippen molar-refractivity contribution < 1.29 is 29.3 Å². The summed E-state index contributed by atoms with van der Waals surface area (Å²) in [6, 6.07) is 6.10. The summed E-state index contributed by atoms with van der Waals surface area (Å²) in [4.78, 5) is 33.0. The molecule has 0 aliphatic rings. The van der Waals surface area contributed by atoms with Gasteiger partial charge in [-0.1, -0.05) is 17.7 Å². The molecule has 1 aromatic rings. The lowest BCUT2D eigenvalue weighted by Crippen LogP contribution is -2.41. The molecule has 1 amide bonds. The molecule has 1 aromatic carbocycles. The summed E-state index contributed by atoms with van der Waals surface area (Å²) in [5, 5.41) is 19.8. The third-order valence-corrected chi connectivity index (χ3v) is 2.90. The molecule has 7 nitrogen and oxygen atoms in total. The molecule has 0 aliphatic carbocycles. The molecule has 7 heteroatoms. The van der Waals surface area contributed by atoms with Crippen LogP contribution < -0.4 is 10.1 Å². The normalized spacial score (nSPS) is 11.5. The van der Waals surface area contributed by atoms with E-state index in [1.165, 1.54) is 0 Å². The van der Waals surface area contributed by atoms with Crippen LogP contribution in [0.4, 0.5) is 0 Å². The van der Waals surface area contributed by atoms with E-state index in [4.69, 9.17) is 14.9 Å². The number of hydrogen-bond acceptors (Lipinski definition) is 4. The van der Waals surface area contributed by atoms with Crippen LogP contribution in [0.15, 0.2) is 24.3 Å². The zero-order valence-corrected chi connectivity index (χ0v) is 12.2. The Hall–Kier alpha value is -2.57. The fourth-order valence-electron chi connectivity index (χ4n) is 1.69. The molecule has 0 aliphatic heterocycles. The van der Waals surface area contributed by atoms with Crippen LogP contribution in [0.25, 0.3) is 0 Å². The number of carboxylic acid groups (broad SMARTS) is 2. The first kappa shape index (κ1) is 17.5. The van der Waals surface area contributed by atoms with Gasteiger partial charge in [0.15, 0.2) is 0 Å². The summed E-state index contributed by atoms with van der Waals surface area (Å²) >= 11 is 0. The van der Waals surface area contributed by atoms with Crippen molar-refractivity contribution in [3.63, 3.8) is 0 Å². The third kappa shape index (κ3) is 6.74. The van der Waals surface area contributed by atoms with E-state index in [1.807, 2.05) is 19.1 Å². The van der Waals surface area contributed by atoms with Crippen LogP contribution >= 0.6 is 0 Å². The minimum Gasteiger partial charge on any atom is -0.493 e. The van der Waals surface area contributed by atoms with Gasteiger partial charge in [-0.3, -0.25) is 9.59 Å². The quantitative estimate of drug-likeness (QED) is 0.631. The largest absolute Gasteiger partial charge is 0.493 e. The first-order chi connectivity index (χ1) is 10.4. The van der Waals surface area contributed by atoms with Crippen LogP contribution in [0, 0.1) is 6.92 Å². The highest BCUT2D eigenvalue weighted by Crippen LogP contribution is 2.11. The first-order valence-electron chi connectivity index (χ1n) is 6.82. The molecule has 0 bridgehead atoms. The number of benzene rings is 1. The second-order valence-electron chi connectivity index (χ2n) is 4.80. The fourth-order valence-corrected chi connectivity index (χ4v) is 1.69. The standard InChI is InChI=1S/C15H19NO6/c1-10-2-4-11(5-3-10)22-9-8-13(17)16-12(15(20)21)6-7-14(18)19/h2-5,12H,6-9H2,1H3,(H,16,17)(H,18,19)(H,20,21)/t12-/m0/s1. The number of carboxylic acids is 2. The second kappa shape index (κ2) is 8.66. The number of amides is 1. The average molecular weight is 309 g/mol. The lowest BCUT2D eigenvalue weighted by atomic mass is 10.1. The Morgan fingerprint density at radius 2 is 1.77 bits per heavy atom. The van der Waals surface area contributed by atoms with E-state index in [1.54, 1.807) is 12.1 Å². The molecule has 0 saturated carbocycles. The predicted octanol–water partition coefficient (Wildman–Crippen LogP) is 1.20. The summed E-state index contributed by atoms with van der Waals surface area (Å²) in [6.45, 7) is 2.06. The van der Waals surface area contributed by atoms with Gasteiger partial charge in [-0.05, 0) is 25.5 Å². The Balaban J connectivity index is 2.35. The van der Waals surface area contributed by atoms with Crippen LogP contribution in [0.1, 0.15) is 24.8 Å². The average Bonchev–Trinajstić information content (AvgIpc) is 2.45. The number of aliphatic carboxylic acids is 2. The van der Waals surface area contributed by atoms with E-state index in [-0.39, 0.29) is 25.9 Å². The van der Waals surface area contributed by atoms with Gasteiger partial charge < -0.3 is 20.3 Å². The van der Waals surface area contributed by atoms with Gasteiger partial charge in [0.2, 0.25) is 5.91 Å². The van der Waals surface area contributed by atoms with Crippen molar-refractivity contribution >= 4 is 17.8 Å². The summed E-state index contributed by atoms with van der Waals surface area (Å²) in [7, 11) is 0. The molecule has 1 rings (SSSR count). The Bertz CT molecular complexity index is 525. The van der Waals surface area contributed by atoms with Gasteiger partial charge in [0.1, 0.15) is 11.8 Å². The van der Waals surface area contributed by atoms with Crippen molar-refractivity contribution in [1.29, 1.82) is 0 Å². The number of carbonyl (C=O) groups is 3. The summed E-state index contributed by atoms with van der Waals surface area (Å²) in [5.41, 5.74) is 1.09. The molecule has 22 heavy (non-hydrogen) atoms. The summed E-state index contributed by atoms with van der Waals surface area (Å²) in [6.07, 6.45) is -0.489. The minimum absolute atomic E-state index is 0.00920. The highest BCUT2D eigenvalue weighted by molar-refractivity contribution is 5.84. The zero-order valence-electron chi connectivity index (χ0n) is 12.2. The maximum atomic E-state index is 11.6. The zero-order chi connectivity index (χ0) is 16.5. The lowest BCUT2D eigenvalue weighted by molar-refractivity contribution is -0.143. The molecule has 120 valence electrons. The molecule has 0 fully saturated rings. The lowest BCUT2D eigenvalue weighted by Gasteiger charge is -2.13. The maximum absolute atomic E-state index is 11.6. The van der Waals surface area contributed by atoms with Crippen LogP contribution in [-0.2, 0) is 14.4 Å². The van der Waals surface area contributed by atoms with Crippen LogP contribution in [0.2, 0.25) is 0 Å². The number of ether oxygens (including phenoxy) is 1. The Morgan fingerprint density at radius 3 is 2.32 bits per heavy atom. The van der Waals surface area contributed by atoms with E-state index in [9.17, 15) is 14.4 Å². The SMILES string of the molecule is Cc1ccc(OCCC(=O)N[C@@H](CCC(=O)O)C(=O)O)cc1. The molecule has 0 saturated heterocycles. The number of rotatable bonds is 9. The first-order valence-corrected chi connectivity index (χ1v) is 6.82. The maximum Gasteiger partial charge on any atom is 0.326 e. The van der Waals surface area contributed by atoms with Gasteiger partial charge in [0, 0.05) is 6.42 Å². The van der Waals surface area contributed by atoms with E-state index < -0.39 is 23.9 Å². The molecule has 0 heterocycles. The van der Waals surface area contributed by atoms with Crippen molar-refractivity contribution in [1.82, 2.24) is 5.32 Å². The van der Waals surface area contributed by atoms with Gasteiger partial charge in [0.25, 0.3) is 0 Å². The molecule has 0 aromatic heterocycles. The third-order valence-electron chi connectivity index (χ3n) is 2.90. The number of nitrogens with one attached hydrogen (secondary N) is 1. The molecular formula is C15H19NO6. The van der Waals surface area contributed by atoms with E-state index >= 15 is 0 Å². The molecule has 3 N–H and O–H groups in total. The molecular weight excluding hydrogens is 290 g/mol. The van der Waals surface area contributed by atoms with Gasteiger partial charge >= 0.3 is 11.9 Å². The highest BCUT2D eigenvalue weighted by Gasteiger charge is 2.20. The summed E-state index contributed by atoms with van der Waals surface area (Å²) < 4.78 is 5.37. The van der Waals surface area contributed by atoms with Gasteiger partial charge in [0.05, 0.1) is 13.0 Å². The molecule has 0 unspecified atom stereocenters. The van der Waals surface area contributed by atoms with Crippen LogP contribution in [0.3, 0.4) is 0 Å². The van der Waals surface area contributed by atoms with Crippen molar-refractivity contribution in [2.24, 2.45) is 0 Å². The number of aryl methyl sites for hydroxylation is 1. The van der Waals surface area contributed by atoms with Gasteiger partial charge in [-0.2, -0.15) is 0 Å². The summed E-state index contributed by atoms with van der Waals surface area (Å²) in [5.74, 6) is -2.23. The smallest absolute Gasteiger partial charge is 0.326 e. The minimum atomic E-state index is -1.26.